The number of anilines is 1. The average Bonchev–Trinajstić information content (AvgIpc) is 3.14. The van der Waals surface area contributed by atoms with Crippen LogP contribution in [0.3, 0.4) is 0 Å². The number of thioether (sulfide) groups is 2. The summed E-state index contributed by atoms with van der Waals surface area (Å²) in [5.74, 6) is -0.147. The highest BCUT2D eigenvalue weighted by molar-refractivity contribution is 8.19. The van der Waals surface area contributed by atoms with Crippen molar-refractivity contribution in [2.45, 2.75) is 57.3 Å². The first-order valence-corrected chi connectivity index (χ1v) is 11.1. The molecule has 0 atom stereocenters. The second-order valence-electron chi connectivity index (χ2n) is 6.54. The van der Waals surface area contributed by atoms with Crippen molar-refractivity contribution in [1.29, 1.82) is 0 Å². The van der Waals surface area contributed by atoms with E-state index in [-0.39, 0.29) is 11.1 Å². The molecule has 6 heteroatoms. The Morgan fingerprint density at radius 3 is 2.35 bits per heavy atom. The molecule has 4 nitrogen and oxygen atoms in total. The summed E-state index contributed by atoms with van der Waals surface area (Å²) >= 11 is 2.70. The van der Waals surface area contributed by atoms with Crippen molar-refractivity contribution in [1.82, 2.24) is 4.90 Å². The molecule has 2 aliphatic heterocycles. The summed E-state index contributed by atoms with van der Waals surface area (Å²) in [6, 6.07) is 8.26. The van der Waals surface area contributed by atoms with Gasteiger partial charge in [0.2, 0.25) is 0 Å². The minimum atomic E-state index is -0.156. The molecule has 140 valence electrons. The molecule has 0 bridgehead atoms. The third kappa shape index (κ3) is 3.96. The molecule has 0 spiro atoms. The zero-order valence-corrected chi connectivity index (χ0v) is 17.1. The average molecular weight is 391 g/mol. The van der Waals surface area contributed by atoms with Crippen LogP contribution >= 0.6 is 23.5 Å². The van der Waals surface area contributed by atoms with Crippen molar-refractivity contribution in [2.24, 2.45) is 0 Å². The standard InChI is InChI=1S/C20H26N2O2S2/c1-3-5-6-7-8-11-14-22-15-12-9-10-13-16(15)25-19(22)17-18(23)21(4-2)20(24)26-17/h9-10,12-13H,3-8,11,14H2,1-2H3. The fourth-order valence-corrected chi connectivity index (χ4v) is 5.54. The molecule has 0 unspecified atom stereocenters. The number of hydrogen-bond donors (Lipinski definition) is 0. The molecule has 3 rings (SSSR count). The fraction of sp³-hybridized carbons (Fsp3) is 0.500. The summed E-state index contributed by atoms with van der Waals surface area (Å²) in [6.07, 6.45) is 7.42. The van der Waals surface area contributed by atoms with Gasteiger partial charge in [-0.15, -0.1) is 0 Å². The highest BCUT2D eigenvalue weighted by Gasteiger charge is 2.40. The monoisotopic (exact) mass is 390 g/mol. The Bertz CT molecular complexity index is 718. The lowest BCUT2D eigenvalue weighted by atomic mass is 10.1. The van der Waals surface area contributed by atoms with E-state index in [1.165, 1.54) is 37.0 Å². The minimum absolute atomic E-state index is 0.147. The Kier molecular flexibility index (Phi) is 6.70. The lowest BCUT2D eigenvalue weighted by Crippen LogP contribution is -2.28. The number of amides is 2. The zero-order chi connectivity index (χ0) is 18.5. The van der Waals surface area contributed by atoms with E-state index in [2.05, 4.69) is 24.0 Å². The summed E-state index contributed by atoms with van der Waals surface area (Å²) in [7, 11) is 0. The van der Waals surface area contributed by atoms with E-state index in [1.807, 2.05) is 19.1 Å². The molecule has 0 radical (unpaired) electrons. The van der Waals surface area contributed by atoms with E-state index in [1.54, 1.807) is 11.8 Å². The van der Waals surface area contributed by atoms with Crippen molar-refractivity contribution < 1.29 is 9.59 Å². The SMILES string of the molecule is CCCCCCCCN1C(=C2SC(=O)N(CC)C2=O)Sc2ccccc21. The maximum Gasteiger partial charge on any atom is 0.293 e. The first-order chi connectivity index (χ1) is 12.7. The number of hydrogen-bond acceptors (Lipinski definition) is 5. The Morgan fingerprint density at radius 1 is 0.885 bits per heavy atom. The van der Waals surface area contributed by atoms with Crippen LogP contribution in [0, 0.1) is 0 Å². The second kappa shape index (κ2) is 9.00. The molecule has 0 aliphatic carbocycles. The number of benzene rings is 1. The number of rotatable bonds is 8. The molecule has 2 aliphatic rings. The number of nitrogens with zero attached hydrogens (tertiary/aromatic N) is 2. The Labute approximate surface area is 164 Å². The summed E-state index contributed by atoms with van der Waals surface area (Å²) in [5.41, 5.74) is 1.16. The molecule has 1 saturated heterocycles. The minimum Gasteiger partial charge on any atom is -0.334 e. The van der Waals surface area contributed by atoms with Gasteiger partial charge in [0.1, 0.15) is 9.93 Å². The molecular weight excluding hydrogens is 364 g/mol. The number of unbranched alkanes of at least 4 members (excludes halogenated alkanes) is 5. The number of imide groups is 1. The number of carbonyl (C=O) groups is 2. The van der Waals surface area contributed by atoms with Gasteiger partial charge in [0.05, 0.1) is 5.69 Å². The normalized spacial score (nSPS) is 19.6. The van der Waals surface area contributed by atoms with Crippen molar-refractivity contribution >= 4 is 40.4 Å². The van der Waals surface area contributed by atoms with Gasteiger partial charge in [-0.05, 0) is 37.2 Å². The van der Waals surface area contributed by atoms with Crippen LogP contribution in [-0.2, 0) is 4.79 Å². The summed E-state index contributed by atoms with van der Waals surface area (Å²) < 4.78 is 0. The van der Waals surface area contributed by atoms with E-state index in [4.69, 9.17) is 0 Å². The molecular formula is C20H26N2O2S2. The van der Waals surface area contributed by atoms with Crippen molar-refractivity contribution in [3.05, 3.63) is 34.2 Å². The predicted molar refractivity (Wildman–Crippen MR) is 110 cm³/mol. The van der Waals surface area contributed by atoms with Crippen LogP contribution in [-0.4, -0.2) is 29.1 Å². The van der Waals surface area contributed by atoms with Crippen LogP contribution in [0.2, 0.25) is 0 Å². The Hall–Kier alpha value is -1.40. The summed E-state index contributed by atoms with van der Waals surface area (Å²) in [6.45, 7) is 5.39. The van der Waals surface area contributed by atoms with E-state index >= 15 is 0 Å². The maximum absolute atomic E-state index is 12.7. The van der Waals surface area contributed by atoms with Crippen LogP contribution in [0.4, 0.5) is 10.5 Å². The molecule has 26 heavy (non-hydrogen) atoms. The van der Waals surface area contributed by atoms with Crippen LogP contribution in [0.5, 0.6) is 0 Å². The highest BCUT2D eigenvalue weighted by atomic mass is 32.2. The summed E-state index contributed by atoms with van der Waals surface area (Å²) in [5, 5.41) is 0.773. The van der Waals surface area contributed by atoms with Gasteiger partial charge in [0.25, 0.3) is 11.1 Å². The van der Waals surface area contributed by atoms with Crippen LogP contribution in [0.25, 0.3) is 0 Å². The lowest BCUT2D eigenvalue weighted by molar-refractivity contribution is -0.122. The van der Waals surface area contributed by atoms with Crippen molar-refractivity contribution in [3.8, 4) is 0 Å². The quantitative estimate of drug-likeness (QED) is 0.412. The number of para-hydroxylation sites is 1. The second-order valence-corrected chi connectivity index (χ2v) is 8.53. The van der Waals surface area contributed by atoms with Gasteiger partial charge in [-0.2, -0.15) is 0 Å². The largest absolute Gasteiger partial charge is 0.334 e. The van der Waals surface area contributed by atoms with Crippen molar-refractivity contribution in [3.63, 3.8) is 0 Å². The van der Waals surface area contributed by atoms with Gasteiger partial charge in [-0.3, -0.25) is 14.5 Å². The molecule has 1 aromatic carbocycles. The molecule has 2 heterocycles. The van der Waals surface area contributed by atoms with Gasteiger partial charge in [0, 0.05) is 18.0 Å². The number of fused-ring (bicyclic) bond motifs is 1. The lowest BCUT2D eigenvalue weighted by Gasteiger charge is -2.21. The van der Waals surface area contributed by atoms with Gasteiger partial charge in [-0.1, -0.05) is 62.9 Å². The molecule has 2 amide bonds. The zero-order valence-electron chi connectivity index (χ0n) is 15.5. The first kappa shape index (κ1) is 19.4. The predicted octanol–water partition coefficient (Wildman–Crippen LogP) is 5.84. The third-order valence-electron chi connectivity index (χ3n) is 4.70. The maximum atomic E-state index is 12.7. The number of likely N-dealkylation sites (N-methyl/N-ethyl adjacent to an activating group) is 1. The molecule has 0 saturated carbocycles. The van der Waals surface area contributed by atoms with Crippen LogP contribution in [0.15, 0.2) is 39.1 Å². The third-order valence-corrected chi connectivity index (χ3v) is 6.98. The van der Waals surface area contributed by atoms with Gasteiger partial charge in [-0.25, -0.2) is 0 Å². The Balaban J connectivity index is 1.78. The van der Waals surface area contributed by atoms with Crippen LogP contribution in [0.1, 0.15) is 52.4 Å². The van der Waals surface area contributed by atoms with E-state index in [0.29, 0.717) is 11.4 Å². The molecule has 0 N–H and O–H groups in total. The van der Waals surface area contributed by atoms with E-state index in [9.17, 15) is 9.59 Å². The topological polar surface area (TPSA) is 40.6 Å². The molecule has 1 fully saturated rings. The van der Waals surface area contributed by atoms with E-state index < -0.39 is 0 Å². The summed E-state index contributed by atoms with van der Waals surface area (Å²) in [4.78, 5) is 30.1. The highest BCUT2D eigenvalue weighted by Crippen LogP contribution is 2.50. The van der Waals surface area contributed by atoms with Crippen LogP contribution < -0.4 is 4.90 Å². The smallest absolute Gasteiger partial charge is 0.293 e. The van der Waals surface area contributed by atoms with Gasteiger partial charge >= 0.3 is 0 Å². The fourth-order valence-electron chi connectivity index (χ4n) is 3.28. The molecule has 1 aromatic rings. The Morgan fingerprint density at radius 2 is 1.62 bits per heavy atom. The first-order valence-electron chi connectivity index (χ1n) is 9.49. The van der Waals surface area contributed by atoms with E-state index in [0.717, 1.165) is 40.3 Å². The van der Waals surface area contributed by atoms with Gasteiger partial charge in [0.15, 0.2) is 0 Å². The number of carbonyl (C=O) groups excluding carboxylic acids is 2. The molecule has 0 aromatic heterocycles. The van der Waals surface area contributed by atoms with Crippen molar-refractivity contribution in [2.75, 3.05) is 18.0 Å². The van der Waals surface area contributed by atoms with Gasteiger partial charge < -0.3 is 4.90 Å².